The van der Waals surface area contributed by atoms with Gasteiger partial charge in [0.15, 0.2) is 0 Å². The predicted molar refractivity (Wildman–Crippen MR) is 64.4 cm³/mol. The van der Waals surface area contributed by atoms with Gasteiger partial charge in [-0.25, -0.2) is 0 Å². The first-order valence-electron chi connectivity index (χ1n) is 5.48. The maximum atomic E-state index is 5.43. The summed E-state index contributed by atoms with van der Waals surface area (Å²) in [5.74, 6) is 1.10. The van der Waals surface area contributed by atoms with Gasteiger partial charge in [-0.05, 0) is 31.0 Å². The molecular weight excluding hydrogens is 186 g/mol. The Morgan fingerprint density at radius 1 is 1.27 bits per heavy atom. The SMILES string of the molecule is NCCCN=C1CCc2ccccc2N1. The Labute approximate surface area is 90.4 Å². The molecule has 1 aliphatic heterocycles. The van der Waals surface area contributed by atoms with E-state index in [1.807, 2.05) is 0 Å². The van der Waals surface area contributed by atoms with Crippen molar-refractivity contribution in [3.8, 4) is 0 Å². The Morgan fingerprint density at radius 3 is 3.00 bits per heavy atom. The van der Waals surface area contributed by atoms with Gasteiger partial charge >= 0.3 is 0 Å². The van der Waals surface area contributed by atoms with E-state index < -0.39 is 0 Å². The third-order valence-electron chi connectivity index (χ3n) is 2.59. The van der Waals surface area contributed by atoms with Crippen LogP contribution in [0.25, 0.3) is 0 Å². The molecule has 0 aliphatic carbocycles. The molecule has 0 spiro atoms. The third-order valence-corrected chi connectivity index (χ3v) is 2.59. The van der Waals surface area contributed by atoms with Crippen molar-refractivity contribution in [1.29, 1.82) is 0 Å². The molecule has 2 rings (SSSR count). The maximum absolute atomic E-state index is 5.43. The molecule has 0 saturated heterocycles. The van der Waals surface area contributed by atoms with E-state index in [9.17, 15) is 0 Å². The highest BCUT2D eigenvalue weighted by Gasteiger charge is 2.11. The number of benzene rings is 1. The van der Waals surface area contributed by atoms with Crippen molar-refractivity contribution in [3.63, 3.8) is 0 Å². The normalized spacial score (nSPS) is 17.3. The van der Waals surface area contributed by atoms with E-state index in [-0.39, 0.29) is 0 Å². The number of para-hydroxylation sites is 1. The Bertz CT molecular complexity index is 358. The van der Waals surface area contributed by atoms with Crippen molar-refractivity contribution in [1.82, 2.24) is 0 Å². The van der Waals surface area contributed by atoms with Gasteiger partial charge in [-0.1, -0.05) is 18.2 Å². The molecule has 0 fully saturated rings. The number of hydrogen-bond donors (Lipinski definition) is 2. The monoisotopic (exact) mass is 203 g/mol. The van der Waals surface area contributed by atoms with Crippen LogP contribution in [0.5, 0.6) is 0 Å². The van der Waals surface area contributed by atoms with E-state index in [0.29, 0.717) is 6.54 Å². The smallest absolute Gasteiger partial charge is 0.101 e. The highest BCUT2D eigenvalue weighted by molar-refractivity contribution is 5.98. The third kappa shape index (κ3) is 2.57. The second-order valence-corrected chi connectivity index (χ2v) is 3.75. The molecule has 0 bridgehead atoms. The molecule has 0 saturated carbocycles. The lowest BCUT2D eigenvalue weighted by molar-refractivity contribution is 0.837. The molecule has 1 aliphatic rings. The molecular formula is C12H17N3. The highest BCUT2D eigenvalue weighted by Crippen LogP contribution is 2.21. The lowest BCUT2D eigenvalue weighted by Crippen LogP contribution is -2.20. The maximum Gasteiger partial charge on any atom is 0.101 e. The minimum atomic E-state index is 0.716. The minimum absolute atomic E-state index is 0.716. The number of hydrogen-bond acceptors (Lipinski definition) is 2. The molecule has 1 aromatic rings. The van der Waals surface area contributed by atoms with Crippen LogP contribution >= 0.6 is 0 Å². The number of nitrogens with zero attached hydrogens (tertiary/aromatic N) is 1. The van der Waals surface area contributed by atoms with Gasteiger partial charge in [0, 0.05) is 18.7 Å². The first-order chi connectivity index (χ1) is 7.40. The standard InChI is InChI=1S/C12H17N3/c13-8-3-9-14-12-7-6-10-4-1-2-5-11(10)15-12/h1-2,4-5H,3,6-9,13H2,(H,14,15). The summed E-state index contributed by atoms with van der Waals surface area (Å²) in [6, 6.07) is 8.40. The minimum Gasteiger partial charge on any atom is -0.344 e. The van der Waals surface area contributed by atoms with Crippen molar-refractivity contribution < 1.29 is 0 Å². The number of aryl methyl sites for hydroxylation is 1. The van der Waals surface area contributed by atoms with Crippen molar-refractivity contribution >= 4 is 11.5 Å². The molecule has 3 N–H and O–H groups in total. The van der Waals surface area contributed by atoms with Gasteiger partial charge in [-0.2, -0.15) is 0 Å². The van der Waals surface area contributed by atoms with Crippen molar-refractivity contribution in [2.24, 2.45) is 10.7 Å². The summed E-state index contributed by atoms with van der Waals surface area (Å²) < 4.78 is 0. The zero-order chi connectivity index (χ0) is 10.5. The first-order valence-corrected chi connectivity index (χ1v) is 5.48. The number of nitrogens with one attached hydrogen (secondary N) is 1. The van der Waals surface area contributed by atoms with Gasteiger partial charge in [0.05, 0.1) is 0 Å². The number of nitrogens with two attached hydrogens (primary N) is 1. The summed E-state index contributed by atoms with van der Waals surface area (Å²) in [7, 11) is 0. The number of aliphatic imine (C=N–C) groups is 1. The van der Waals surface area contributed by atoms with Crippen LogP contribution in [0.2, 0.25) is 0 Å². The molecule has 0 atom stereocenters. The van der Waals surface area contributed by atoms with E-state index in [2.05, 4.69) is 34.6 Å². The molecule has 1 heterocycles. The van der Waals surface area contributed by atoms with Gasteiger partial charge in [-0.15, -0.1) is 0 Å². The van der Waals surface area contributed by atoms with E-state index in [1.54, 1.807) is 0 Å². The molecule has 0 aromatic heterocycles. The summed E-state index contributed by atoms with van der Waals surface area (Å²) >= 11 is 0. The lowest BCUT2D eigenvalue weighted by Gasteiger charge is -2.19. The number of rotatable bonds is 3. The zero-order valence-electron chi connectivity index (χ0n) is 8.87. The fraction of sp³-hybridized carbons (Fsp3) is 0.417. The van der Waals surface area contributed by atoms with E-state index in [4.69, 9.17) is 5.73 Å². The van der Waals surface area contributed by atoms with Crippen molar-refractivity contribution in [2.75, 3.05) is 18.4 Å². The Balaban J connectivity index is 2.02. The largest absolute Gasteiger partial charge is 0.344 e. The average Bonchev–Trinajstić information content (AvgIpc) is 2.29. The van der Waals surface area contributed by atoms with Crippen molar-refractivity contribution in [3.05, 3.63) is 29.8 Å². The summed E-state index contributed by atoms with van der Waals surface area (Å²) in [5.41, 5.74) is 8.02. The highest BCUT2D eigenvalue weighted by atomic mass is 15.0. The lowest BCUT2D eigenvalue weighted by atomic mass is 10.0. The second kappa shape index (κ2) is 4.94. The molecule has 80 valence electrons. The molecule has 3 heteroatoms. The predicted octanol–water partition coefficient (Wildman–Crippen LogP) is 1.79. The van der Waals surface area contributed by atoms with E-state index >= 15 is 0 Å². The molecule has 0 radical (unpaired) electrons. The molecule has 15 heavy (non-hydrogen) atoms. The van der Waals surface area contributed by atoms with Gasteiger partial charge < -0.3 is 11.1 Å². The van der Waals surface area contributed by atoms with Crippen LogP contribution in [-0.4, -0.2) is 18.9 Å². The average molecular weight is 203 g/mol. The number of fused-ring (bicyclic) bond motifs is 1. The summed E-state index contributed by atoms with van der Waals surface area (Å²) in [5, 5.41) is 3.37. The summed E-state index contributed by atoms with van der Waals surface area (Å²) in [6.07, 6.45) is 3.07. The van der Waals surface area contributed by atoms with Gasteiger partial charge in [-0.3, -0.25) is 4.99 Å². The van der Waals surface area contributed by atoms with Gasteiger partial charge in [0.25, 0.3) is 0 Å². The fourth-order valence-electron chi connectivity index (χ4n) is 1.76. The van der Waals surface area contributed by atoms with Crippen molar-refractivity contribution in [2.45, 2.75) is 19.3 Å². The van der Waals surface area contributed by atoms with E-state index in [1.165, 1.54) is 11.3 Å². The number of amidine groups is 1. The fourth-order valence-corrected chi connectivity index (χ4v) is 1.76. The Hall–Kier alpha value is -1.35. The Morgan fingerprint density at radius 2 is 2.13 bits per heavy atom. The van der Waals surface area contributed by atoms with Crippen LogP contribution in [0.3, 0.4) is 0 Å². The second-order valence-electron chi connectivity index (χ2n) is 3.75. The quantitative estimate of drug-likeness (QED) is 0.736. The first kappa shape index (κ1) is 10.2. The zero-order valence-corrected chi connectivity index (χ0v) is 8.87. The van der Waals surface area contributed by atoms with Crippen LogP contribution in [-0.2, 0) is 6.42 Å². The molecule has 0 amide bonds. The van der Waals surface area contributed by atoms with Crippen LogP contribution in [0, 0.1) is 0 Å². The van der Waals surface area contributed by atoms with Crippen LogP contribution in [0.4, 0.5) is 5.69 Å². The summed E-state index contributed by atoms with van der Waals surface area (Å²) in [6.45, 7) is 1.55. The van der Waals surface area contributed by atoms with Crippen LogP contribution in [0.15, 0.2) is 29.3 Å². The van der Waals surface area contributed by atoms with E-state index in [0.717, 1.165) is 31.6 Å². The number of anilines is 1. The summed E-state index contributed by atoms with van der Waals surface area (Å²) in [4.78, 5) is 4.50. The van der Waals surface area contributed by atoms with Gasteiger partial charge in [0.1, 0.15) is 5.84 Å². The molecule has 3 nitrogen and oxygen atoms in total. The molecule has 1 aromatic carbocycles. The van der Waals surface area contributed by atoms with Gasteiger partial charge in [0.2, 0.25) is 0 Å². The molecule has 0 unspecified atom stereocenters. The van der Waals surface area contributed by atoms with Crippen LogP contribution < -0.4 is 11.1 Å². The topological polar surface area (TPSA) is 50.4 Å². The Kier molecular flexibility index (Phi) is 3.35. The van der Waals surface area contributed by atoms with Crippen LogP contribution in [0.1, 0.15) is 18.4 Å².